The number of hydrogen-bond donors (Lipinski definition) is 0. The molecule has 1 unspecified atom stereocenters. The van der Waals surface area contributed by atoms with Crippen molar-refractivity contribution in [3.05, 3.63) is 0 Å². The summed E-state index contributed by atoms with van der Waals surface area (Å²) in [5.41, 5.74) is 0. The minimum atomic E-state index is -0.115. The molecule has 0 bridgehead atoms. The fourth-order valence-electron chi connectivity index (χ4n) is 2.59. The molecule has 0 aliphatic carbocycles. The second kappa shape index (κ2) is 9.71. The van der Waals surface area contributed by atoms with Crippen LogP contribution < -0.4 is 0 Å². The van der Waals surface area contributed by atoms with E-state index in [1.54, 1.807) is 28.4 Å². The van der Waals surface area contributed by atoms with Crippen molar-refractivity contribution in [2.75, 3.05) is 54.9 Å². The molecule has 0 N–H and O–H groups in total. The van der Waals surface area contributed by atoms with Crippen molar-refractivity contribution in [3.8, 4) is 0 Å². The van der Waals surface area contributed by atoms with Crippen LogP contribution in [0.1, 0.15) is 0 Å². The van der Waals surface area contributed by atoms with Crippen molar-refractivity contribution in [2.45, 2.75) is 24.3 Å². The van der Waals surface area contributed by atoms with Gasteiger partial charge in [0.25, 0.3) is 0 Å². The molecule has 1 fully saturated rings. The molecule has 1 heterocycles. The number of ether oxygens (including phenoxy) is 6. The first-order valence-electron chi connectivity index (χ1n) is 6.94. The van der Waals surface area contributed by atoms with Crippen LogP contribution >= 0.6 is 0 Å². The molecule has 0 aromatic heterocycles. The SMILES string of the molecule is B[C@@H]1O[C@H](COC)C(OC)[C@@H]1OCC(COC)COC. The third kappa shape index (κ3) is 4.98. The van der Waals surface area contributed by atoms with E-state index in [0.717, 1.165) is 0 Å². The molecule has 1 aliphatic rings. The molecule has 7 heteroatoms. The van der Waals surface area contributed by atoms with E-state index in [0.29, 0.717) is 26.4 Å². The van der Waals surface area contributed by atoms with E-state index in [-0.39, 0.29) is 30.2 Å². The quantitative estimate of drug-likeness (QED) is 0.496. The van der Waals surface area contributed by atoms with Crippen molar-refractivity contribution >= 4 is 7.85 Å². The van der Waals surface area contributed by atoms with Crippen LogP contribution in [0.15, 0.2) is 0 Å². The fourth-order valence-corrected chi connectivity index (χ4v) is 2.59. The van der Waals surface area contributed by atoms with Gasteiger partial charge in [-0.3, -0.25) is 0 Å². The molecule has 4 atom stereocenters. The highest BCUT2D eigenvalue weighted by atomic mass is 16.6. The third-order valence-corrected chi connectivity index (χ3v) is 3.47. The number of methoxy groups -OCH3 is 4. The molecule has 6 nitrogen and oxygen atoms in total. The van der Waals surface area contributed by atoms with Crippen LogP contribution in [0.2, 0.25) is 0 Å². The Morgan fingerprint density at radius 3 is 2.10 bits per heavy atom. The lowest BCUT2D eigenvalue weighted by Gasteiger charge is -2.24. The molecule has 0 aromatic rings. The number of rotatable bonds is 10. The normalized spacial score (nSPS) is 30.2. The summed E-state index contributed by atoms with van der Waals surface area (Å²) >= 11 is 0. The van der Waals surface area contributed by atoms with Gasteiger partial charge in [-0.25, -0.2) is 0 Å². The zero-order chi connectivity index (χ0) is 15.0. The first-order valence-corrected chi connectivity index (χ1v) is 6.94. The predicted octanol–water partition coefficient (Wildman–Crippen LogP) is -0.700. The summed E-state index contributed by atoms with van der Waals surface area (Å²) in [5, 5.41) is 0. The Kier molecular flexibility index (Phi) is 8.67. The standard InChI is InChI=1S/C13H27BO6/c1-15-5-9(6-16-2)7-19-12-11(18-4)10(8-17-3)20-13(12)14/h9-13H,5-8,14H2,1-4H3/t10-,11?,12+,13-/m1/s1. The lowest BCUT2D eigenvalue weighted by molar-refractivity contribution is -0.0726. The molecule has 0 amide bonds. The van der Waals surface area contributed by atoms with Gasteiger partial charge >= 0.3 is 0 Å². The van der Waals surface area contributed by atoms with Crippen LogP contribution in [-0.2, 0) is 28.4 Å². The lowest BCUT2D eigenvalue weighted by atomic mass is 9.92. The molecular weight excluding hydrogens is 263 g/mol. The van der Waals surface area contributed by atoms with Gasteiger partial charge in [0.2, 0.25) is 0 Å². The molecule has 1 aliphatic heterocycles. The Morgan fingerprint density at radius 2 is 1.60 bits per heavy atom. The molecular formula is C13H27BO6. The van der Waals surface area contributed by atoms with Crippen molar-refractivity contribution in [3.63, 3.8) is 0 Å². The monoisotopic (exact) mass is 290 g/mol. The predicted molar refractivity (Wildman–Crippen MR) is 76.9 cm³/mol. The van der Waals surface area contributed by atoms with Gasteiger partial charge in [0.15, 0.2) is 0 Å². The highest BCUT2D eigenvalue weighted by Gasteiger charge is 2.43. The number of hydrogen-bond acceptors (Lipinski definition) is 6. The van der Waals surface area contributed by atoms with Gasteiger partial charge in [-0.05, 0) is 0 Å². The van der Waals surface area contributed by atoms with Gasteiger partial charge < -0.3 is 28.4 Å². The van der Waals surface area contributed by atoms with E-state index in [9.17, 15) is 0 Å². The van der Waals surface area contributed by atoms with E-state index in [2.05, 4.69) is 0 Å². The molecule has 0 aromatic carbocycles. The van der Waals surface area contributed by atoms with Crippen molar-refractivity contribution < 1.29 is 28.4 Å². The third-order valence-electron chi connectivity index (χ3n) is 3.47. The van der Waals surface area contributed by atoms with Crippen LogP contribution in [0.4, 0.5) is 0 Å². The Labute approximate surface area is 122 Å². The minimum Gasteiger partial charge on any atom is -0.384 e. The second-order valence-electron chi connectivity index (χ2n) is 5.11. The molecule has 118 valence electrons. The smallest absolute Gasteiger partial charge is 0.142 e. The Balaban J connectivity index is 2.51. The van der Waals surface area contributed by atoms with Gasteiger partial charge in [-0.2, -0.15) is 0 Å². The average molecular weight is 290 g/mol. The maximum atomic E-state index is 6.00. The van der Waals surface area contributed by atoms with E-state index < -0.39 is 0 Å². The van der Waals surface area contributed by atoms with Crippen LogP contribution in [-0.4, -0.2) is 87.0 Å². The van der Waals surface area contributed by atoms with Gasteiger partial charge in [0.05, 0.1) is 32.4 Å². The first-order chi connectivity index (χ1) is 9.67. The summed E-state index contributed by atoms with van der Waals surface area (Å²) in [6.07, 6.45) is -0.305. The Bertz CT molecular complexity index is 249. The zero-order valence-corrected chi connectivity index (χ0v) is 13.2. The highest BCUT2D eigenvalue weighted by molar-refractivity contribution is 6.11. The Morgan fingerprint density at radius 1 is 0.950 bits per heavy atom. The lowest BCUT2D eigenvalue weighted by Crippen LogP contribution is -2.40. The summed E-state index contributed by atoms with van der Waals surface area (Å²) in [4.78, 5) is 0. The van der Waals surface area contributed by atoms with Gasteiger partial charge in [0.1, 0.15) is 26.2 Å². The fraction of sp³-hybridized carbons (Fsp3) is 1.00. The molecule has 20 heavy (non-hydrogen) atoms. The van der Waals surface area contributed by atoms with Crippen molar-refractivity contribution in [1.29, 1.82) is 0 Å². The van der Waals surface area contributed by atoms with Crippen LogP contribution in [0.25, 0.3) is 0 Å². The van der Waals surface area contributed by atoms with Gasteiger partial charge in [0, 0.05) is 34.4 Å². The molecule has 0 saturated carbocycles. The average Bonchev–Trinajstić information content (AvgIpc) is 2.72. The first kappa shape index (κ1) is 17.9. The van der Waals surface area contributed by atoms with Crippen molar-refractivity contribution in [1.82, 2.24) is 0 Å². The maximum absolute atomic E-state index is 6.00. The van der Waals surface area contributed by atoms with Crippen LogP contribution in [0.5, 0.6) is 0 Å². The maximum Gasteiger partial charge on any atom is 0.142 e. The molecule has 1 saturated heterocycles. The van der Waals surface area contributed by atoms with Crippen molar-refractivity contribution in [2.24, 2.45) is 5.92 Å². The van der Waals surface area contributed by atoms with Gasteiger partial charge in [-0.15, -0.1) is 0 Å². The summed E-state index contributed by atoms with van der Waals surface area (Å²) in [5.74, 6) is 0.205. The van der Waals surface area contributed by atoms with E-state index in [4.69, 9.17) is 28.4 Å². The van der Waals surface area contributed by atoms with E-state index in [1.807, 2.05) is 7.85 Å². The highest BCUT2D eigenvalue weighted by Crippen LogP contribution is 2.25. The van der Waals surface area contributed by atoms with E-state index in [1.165, 1.54) is 0 Å². The summed E-state index contributed by atoms with van der Waals surface area (Å²) in [7, 11) is 8.68. The van der Waals surface area contributed by atoms with E-state index >= 15 is 0 Å². The summed E-state index contributed by atoms with van der Waals surface area (Å²) in [6, 6.07) is -0.0224. The Hall–Kier alpha value is -0.175. The van der Waals surface area contributed by atoms with Gasteiger partial charge in [-0.1, -0.05) is 0 Å². The summed E-state index contributed by atoms with van der Waals surface area (Å²) < 4.78 is 32.8. The minimum absolute atomic E-state index is 0.0224. The van der Waals surface area contributed by atoms with Crippen LogP contribution in [0.3, 0.4) is 0 Å². The topological polar surface area (TPSA) is 55.4 Å². The molecule has 0 spiro atoms. The molecule has 0 radical (unpaired) electrons. The molecule has 1 rings (SSSR count). The zero-order valence-electron chi connectivity index (χ0n) is 13.2. The van der Waals surface area contributed by atoms with Crippen LogP contribution in [0, 0.1) is 5.92 Å². The second-order valence-corrected chi connectivity index (χ2v) is 5.11. The largest absolute Gasteiger partial charge is 0.384 e. The summed E-state index contributed by atoms with van der Waals surface area (Å²) in [6.45, 7) is 2.27.